The van der Waals surface area contributed by atoms with Gasteiger partial charge in [0, 0.05) is 31.0 Å². The van der Waals surface area contributed by atoms with Crippen LogP contribution in [0.15, 0.2) is 0 Å². The third kappa shape index (κ3) is 3.94. The predicted octanol–water partition coefficient (Wildman–Crippen LogP) is 1.85. The molecule has 0 atom stereocenters. The molecule has 2 nitrogen and oxygen atoms in total. The van der Waals surface area contributed by atoms with E-state index in [1.165, 1.54) is 0 Å². The molecule has 0 aliphatic heterocycles. The highest BCUT2D eigenvalue weighted by atomic mass is 35.5. The summed E-state index contributed by atoms with van der Waals surface area (Å²) in [5, 5.41) is 3.29. The first kappa shape index (κ1) is 12.5. The Bertz CT molecular complexity index is 99.0. The summed E-state index contributed by atoms with van der Waals surface area (Å²) in [4.78, 5) is 0. The first-order valence-corrected chi connectivity index (χ1v) is 5.17. The average molecular weight is 214 g/mol. The van der Waals surface area contributed by atoms with E-state index in [0.29, 0.717) is 18.4 Å². The van der Waals surface area contributed by atoms with Crippen molar-refractivity contribution in [3.8, 4) is 0 Å². The number of halogens is 2. The van der Waals surface area contributed by atoms with E-state index >= 15 is 0 Å². The van der Waals surface area contributed by atoms with Crippen LogP contribution >= 0.6 is 23.2 Å². The highest BCUT2D eigenvalue weighted by Gasteiger charge is 2.24. The quantitative estimate of drug-likeness (QED) is 0.515. The molecule has 0 unspecified atom stereocenters. The van der Waals surface area contributed by atoms with Crippen LogP contribution < -0.4 is 5.32 Å². The van der Waals surface area contributed by atoms with E-state index in [-0.39, 0.29) is 5.54 Å². The molecule has 0 aliphatic carbocycles. The molecule has 0 saturated carbocycles. The van der Waals surface area contributed by atoms with E-state index in [9.17, 15) is 0 Å². The number of rotatable bonds is 7. The summed E-state index contributed by atoms with van der Waals surface area (Å²) in [6.45, 7) is 3.56. The lowest BCUT2D eigenvalue weighted by atomic mass is 10.0. The Morgan fingerprint density at radius 1 is 1.33 bits per heavy atom. The topological polar surface area (TPSA) is 21.3 Å². The van der Waals surface area contributed by atoms with E-state index in [0.717, 1.165) is 13.0 Å². The van der Waals surface area contributed by atoms with Gasteiger partial charge in [-0.3, -0.25) is 0 Å². The fourth-order valence-corrected chi connectivity index (χ4v) is 1.72. The van der Waals surface area contributed by atoms with Crippen LogP contribution in [0.25, 0.3) is 0 Å². The Morgan fingerprint density at radius 2 is 1.92 bits per heavy atom. The van der Waals surface area contributed by atoms with E-state index in [4.69, 9.17) is 27.9 Å². The summed E-state index contributed by atoms with van der Waals surface area (Å²) < 4.78 is 4.92. The maximum absolute atomic E-state index is 5.82. The zero-order valence-corrected chi connectivity index (χ0v) is 9.21. The van der Waals surface area contributed by atoms with Crippen molar-refractivity contribution >= 4 is 23.2 Å². The van der Waals surface area contributed by atoms with Gasteiger partial charge in [-0.1, -0.05) is 6.92 Å². The summed E-state index contributed by atoms with van der Waals surface area (Å²) in [6, 6.07) is 0. The Morgan fingerprint density at radius 3 is 2.25 bits per heavy atom. The van der Waals surface area contributed by atoms with E-state index in [1.807, 2.05) is 0 Å². The summed E-state index contributed by atoms with van der Waals surface area (Å²) >= 11 is 11.6. The van der Waals surface area contributed by atoms with Crippen molar-refractivity contribution in [3.63, 3.8) is 0 Å². The molecule has 0 rings (SSSR count). The molecule has 0 saturated heterocycles. The van der Waals surface area contributed by atoms with Crippen LogP contribution in [-0.2, 0) is 4.74 Å². The molecule has 0 aromatic heterocycles. The van der Waals surface area contributed by atoms with Gasteiger partial charge in [0.1, 0.15) is 0 Å². The normalized spacial score (nSPS) is 12.0. The van der Waals surface area contributed by atoms with Gasteiger partial charge in [0.05, 0.1) is 6.61 Å². The molecule has 0 aromatic carbocycles. The molecule has 4 heteroatoms. The Hall–Kier alpha value is 0.500. The molecule has 0 radical (unpaired) electrons. The van der Waals surface area contributed by atoms with Crippen LogP contribution in [-0.4, -0.2) is 37.6 Å². The number of ether oxygens (including phenoxy) is 1. The Balaban J connectivity index is 3.76. The maximum atomic E-state index is 5.82. The maximum Gasteiger partial charge on any atom is 0.0587 e. The first-order chi connectivity index (χ1) is 5.74. The molecular formula is C8H17Cl2NO. The van der Waals surface area contributed by atoms with E-state index in [2.05, 4.69) is 12.2 Å². The minimum absolute atomic E-state index is 0.123. The monoisotopic (exact) mass is 213 g/mol. The lowest BCUT2D eigenvalue weighted by Crippen LogP contribution is -2.49. The summed E-state index contributed by atoms with van der Waals surface area (Å²) in [7, 11) is 1.68. The van der Waals surface area contributed by atoms with Gasteiger partial charge in [-0.25, -0.2) is 0 Å². The van der Waals surface area contributed by atoms with Crippen LogP contribution in [0.4, 0.5) is 0 Å². The molecule has 0 aromatic rings. The van der Waals surface area contributed by atoms with Crippen molar-refractivity contribution in [2.24, 2.45) is 0 Å². The van der Waals surface area contributed by atoms with Crippen LogP contribution in [0.3, 0.4) is 0 Å². The fraction of sp³-hybridized carbons (Fsp3) is 1.00. The van der Waals surface area contributed by atoms with Gasteiger partial charge in [0.25, 0.3) is 0 Å². The second kappa shape index (κ2) is 6.96. The first-order valence-electron chi connectivity index (χ1n) is 4.10. The molecule has 0 spiro atoms. The number of nitrogens with one attached hydrogen (secondary N) is 1. The molecule has 0 fully saturated rings. The van der Waals surface area contributed by atoms with Crippen molar-refractivity contribution in [2.75, 3.05) is 32.0 Å². The Kier molecular flexibility index (Phi) is 7.25. The third-order valence-electron chi connectivity index (χ3n) is 1.99. The molecule has 0 amide bonds. The van der Waals surface area contributed by atoms with Gasteiger partial charge in [-0.2, -0.15) is 0 Å². The van der Waals surface area contributed by atoms with Crippen molar-refractivity contribution in [1.29, 1.82) is 0 Å². The second-order valence-electron chi connectivity index (χ2n) is 2.82. The fourth-order valence-electron chi connectivity index (χ4n) is 0.862. The summed E-state index contributed by atoms with van der Waals surface area (Å²) in [6.07, 6.45) is 0.934. The van der Waals surface area contributed by atoms with Gasteiger partial charge in [0.2, 0.25) is 0 Å². The van der Waals surface area contributed by atoms with Gasteiger partial charge >= 0.3 is 0 Å². The Labute approximate surface area is 84.6 Å². The molecule has 0 bridgehead atoms. The van der Waals surface area contributed by atoms with Gasteiger partial charge in [-0.05, 0) is 6.42 Å². The van der Waals surface area contributed by atoms with Gasteiger partial charge < -0.3 is 10.1 Å². The molecule has 1 N–H and O–H groups in total. The average Bonchev–Trinajstić information content (AvgIpc) is 2.14. The number of hydrogen-bond donors (Lipinski definition) is 1. The molecule has 12 heavy (non-hydrogen) atoms. The van der Waals surface area contributed by atoms with E-state index in [1.54, 1.807) is 7.11 Å². The smallest absolute Gasteiger partial charge is 0.0587 e. The van der Waals surface area contributed by atoms with Crippen molar-refractivity contribution in [2.45, 2.75) is 18.9 Å². The summed E-state index contributed by atoms with van der Waals surface area (Å²) in [5.41, 5.74) is -0.123. The lowest BCUT2D eigenvalue weighted by molar-refractivity contribution is 0.188. The standard InChI is InChI=1S/C8H17Cl2NO/c1-3-8(6-9,7-10)11-4-5-12-2/h11H,3-7H2,1-2H3. The minimum atomic E-state index is -0.123. The molecule has 74 valence electrons. The van der Waals surface area contributed by atoms with E-state index < -0.39 is 0 Å². The number of hydrogen-bond acceptors (Lipinski definition) is 2. The van der Waals surface area contributed by atoms with Gasteiger partial charge in [0.15, 0.2) is 0 Å². The highest BCUT2D eigenvalue weighted by molar-refractivity contribution is 6.22. The molecular weight excluding hydrogens is 197 g/mol. The van der Waals surface area contributed by atoms with Crippen LogP contribution in [0.5, 0.6) is 0 Å². The summed E-state index contributed by atoms with van der Waals surface area (Å²) in [5.74, 6) is 1.08. The van der Waals surface area contributed by atoms with Crippen molar-refractivity contribution in [3.05, 3.63) is 0 Å². The second-order valence-corrected chi connectivity index (χ2v) is 3.36. The molecule has 0 heterocycles. The predicted molar refractivity (Wildman–Crippen MR) is 54.3 cm³/mol. The van der Waals surface area contributed by atoms with Crippen molar-refractivity contribution in [1.82, 2.24) is 5.32 Å². The number of alkyl halides is 2. The minimum Gasteiger partial charge on any atom is -0.383 e. The molecule has 0 aliphatic rings. The van der Waals surface area contributed by atoms with Gasteiger partial charge in [-0.15, -0.1) is 23.2 Å². The zero-order chi connectivity index (χ0) is 9.45. The van der Waals surface area contributed by atoms with Crippen LogP contribution in [0, 0.1) is 0 Å². The van der Waals surface area contributed by atoms with Crippen molar-refractivity contribution < 1.29 is 4.74 Å². The highest BCUT2D eigenvalue weighted by Crippen LogP contribution is 2.14. The lowest BCUT2D eigenvalue weighted by Gasteiger charge is -2.29. The van der Waals surface area contributed by atoms with Crippen LogP contribution in [0.1, 0.15) is 13.3 Å². The third-order valence-corrected chi connectivity index (χ3v) is 3.02. The largest absolute Gasteiger partial charge is 0.383 e. The van der Waals surface area contributed by atoms with Crippen LogP contribution in [0.2, 0.25) is 0 Å². The SMILES string of the molecule is CCC(CCl)(CCl)NCCOC. The number of methoxy groups -OCH3 is 1. The zero-order valence-electron chi connectivity index (χ0n) is 7.70.